The monoisotopic (exact) mass is 414 g/mol. The van der Waals surface area contributed by atoms with Crippen LogP contribution in [0.2, 0.25) is 5.02 Å². The van der Waals surface area contributed by atoms with E-state index >= 15 is 0 Å². The Labute approximate surface area is 173 Å². The molecule has 4 saturated carbocycles. The fourth-order valence-corrected chi connectivity index (χ4v) is 7.29. The molecule has 0 aliphatic heterocycles. The fraction of sp³-hybridized carbons (Fsp3) is 0.455. The minimum absolute atomic E-state index is 0.0195. The maximum atomic E-state index is 13.0. The third-order valence-electron chi connectivity index (χ3n) is 7.06. The molecule has 4 aliphatic rings. The smallest absolute Gasteiger partial charge is 0.261 e. The van der Waals surface area contributed by atoms with Gasteiger partial charge in [0.25, 0.3) is 5.91 Å². The highest BCUT2D eigenvalue weighted by Gasteiger charge is 2.58. The van der Waals surface area contributed by atoms with Gasteiger partial charge < -0.3 is 11.1 Å². The van der Waals surface area contributed by atoms with Crippen molar-refractivity contribution in [2.24, 2.45) is 28.9 Å². The Morgan fingerprint density at radius 1 is 1.07 bits per heavy atom. The average molecular weight is 415 g/mol. The van der Waals surface area contributed by atoms with Crippen LogP contribution in [0.1, 0.15) is 41.8 Å². The third kappa shape index (κ3) is 2.87. The maximum Gasteiger partial charge on any atom is 0.261 e. The number of benzene rings is 1. The second kappa shape index (κ2) is 6.60. The van der Waals surface area contributed by atoms with Gasteiger partial charge in [-0.15, -0.1) is 11.3 Å². The van der Waals surface area contributed by atoms with Gasteiger partial charge in [-0.1, -0.05) is 29.8 Å². The zero-order valence-electron chi connectivity index (χ0n) is 15.5. The van der Waals surface area contributed by atoms with E-state index in [4.69, 9.17) is 17.3 Å². The molecule has 0 spiro atoms. The van der Waals surface area contributed by atoms with Crippen molar-refractivity contribution < 1.29 is 9.59 Å². The number of rotatable bonds is 4. The number of hydrogen-bond acceptors (Lipinski definition) is 3. The highest BCUT2D eigenvalue weighted by atomic mass is 35.5. The molecule has 6 heteroatoms. The van der Waals surface area contributed by atoms with E-state index in [1.165, 1.54) is 11.3 Å². The molecular formula is C22H23ClN2O2S. The van der Waals surface area contributed by atoms with Gasteiger partial charge in [-0.05, 0) is 68.1 Å². The van der Waals surface area contributed by atoms with E-state index in [9.17, 15) is 9.59 Å². The number of carbonyl (C=O) groups is 2. The van der Waals surface area contributed by atoms with Crippen molar-refractivity contribution in [3.8, 4) is 10.4 Å². The number of hydrogen-bond donors (Lipinski definition) is 2. The lowest BCUT2D eigenvalue weighted by Gasteiger charge is -2.58. The van der Waals surface area contributed by atoms with Gasteiger partial charge in [0, 0.05) is 26.9 Å². The average Bonchev–Trinajstić information content (AvgIpc) is 3.14. The second-order valence-electron chi connectivity index (χ2n) is 8.76. The molecular weight excluding hydrogens is 392 g/mol. The van der Waals surface area contributed by atoms with Crippen molar-refractivity contribution in [1.82, 2.24) is 5.32 Å². The summed E-state index contributed by atoms with van der Waals surface area (Å²) < 4.78 is 0. The second-order valence-corrected chi connectivity index (χ2v) is 10.2. The van der Waals surface area contributed by atoms with Gasteiger partial charge in [0.15, 0.2) is 0 Å². The molecule has 4 bridgehead atoms. The topological polar surface area (TPSA) is 72.2 Å². The molecule has 2 atom stereocenters. The summed E-state index contributed by atoms with van der Waals surface area (Å²) in [6.45, 7) is 0. The van der Waals surface area contributed by atoms with E-state index in [1.807, 2.05) is 36.4 Å². The van der Waals surface area contributed by atoms with E-state index in [0.29, 0.717) is 27.7 Å². The molecule has 2 aromatic rings. The first-order valence-electron chi connectivity index (χ1n) is 9.91. The van der Waals surface area contributed by atoms with Gasteiger partial charge in [-0.3, -0.25) is 9.59 Å². The molecule has 0 saturated heterocycles. The Kier molecular flexibility index (Phi) is 4.29. The molecule has 1 aromatic heterocycles. The number of primary amides is 1. The van der Waals surface area contributed by atoms with Crippen LogP contribution in [0.15, 0.2) is 36.4 Å². The molecule has 3 N–H and O–H groups in total. The van der Waals surface area contributed by atoms with Crippen LogP contribution in [0.3, 0.4) is 0 Å². The zero-order chi connectivity index (χ0) is 19.5. The minimum atomic E-state index is -0.322. The number of nitrogens with two attached hydrogens (primary N) is 1. The number of amides is 2. The normalized spacial score (nSPS) is 33.0. The molecule has 4 fully saturated rings. The van der Waals surface area contributed by atoms with Crippen LogP contribution in [-0.4, -0.2) is 17.9 Å². The summed E-state index contributed by atoms with van der Waals surface area (Å²) in [5.41, 5.74) is 6.39. The van der Waals surface area contributed by atoms with Crippen LogP contribution < -0.4 is 11.1 Å². The molecule has 4 nitrogen and oxygen atoms in total. The lowest BCUT2D eigenvalue weighted by molar-refractivity contribution is -0.145. The van der Waals surface area contributed by atoms with Gasteiger partial charge in [0.1, 0.15) is 0 Å². The first-order valence-corrected chi connectivity index (χ1v) is 11.1. The van der Waals surface area contributed by atoms with Gasteiger partial charge in [0.05, 0.1) is 4.88 Å². The third-order valence-corrected chi connectivity index (χ3v) is 8.51. The van der Waals surface area contributed by atoms with E-state index in [0.717, 1.165) is 42.5 Å². The molecule has 1 heterocycles. The van der Waals surface area contributed by atoms with Crippen molar-refractivity contribution in [3.05, 3.63) is 46.3 Å². The molecule has 4 aliphatic carbocycles. The summed E-state index contributed by atoms with van der Waals surface area (Å²) in [5, 5.41) is 3.99. The van der Waals surface area contributed by atoms with Crippen molar-refractivity contribution in [3.63, 3.8) is 0 Å². The zero-order valence-corrected chi connectivity index (χ0v) is 17.1. The van der Waals surface area contributed by atoms with Gasteiger partial charge >= 0.3 is 0 Å². The Bertz CT molecular complexity index is 940. The summed E-state index contributed by atoms with van der Waals surface area (Å²) in [4.78, 5) is 26.7. The molecule has 28 heavy (non-hydrogen) atoms. The highest BCUT2D eigenvalue weighted by molar-refractivity contribution is 7.17. The number of halogens is 1. The summed E-state index contributed by atoms with van der Waals surface area (Å²) in [7, 11) is 0. The van der Waals surface area contributed by atoms with Gasteiger partial charge in [0.2, 0.25) is 5.91 Å². The summed E-state index contributed by atoms with van der Waals surface area (Å²) in [6.07, 6.45) is 4.81. The maximum absolute atomic E-state index is 13.0. The van der Waals surface area contributed by atoms with Crippen molar-refractivity contribution in [2.45, 2.75) is 38.1 Å². The molecule has 6 rings (SSSR count). The first-order chi connectivity index (χ1) is 13.4. The van der Waals surface area contributed by atoms with E-state index in [-0.39, 0.29) is 23.3 Å². The SMILES string of the molecule is NC(=O)C12CC3CC(C1)C(NC(=O)c1ccc(-c4ccccc4Cl)s1)C(C3)C2. The van der Waals surface area contributed by atoms with Crippen LogP contribution in [0.5, 0.6) is 0 Å². The van der Waals surface area contributed by atoms with Crippen molar-refractivity contribution >= 4 is 34.8 Å². The Balaban J connectivity index is 1.33. The van der Waals surface area contributed by atoms with Crippen molar-refractivity contribution in [1.29, 1.82) is 0 Å². The lowest BCUT2D eigenvalue weighted by atomic mass is 9.47. The summed E-state index contributed by atoms with van der Waals surface area (Å²) in [6, 6.07) is 11.7. The van der Waals surface area contributed by atoms with E-state index in [2.05, 4.69) is 5.32 Å². The lowest BCUT2D eigenvalue weighted by Crippen LogP contribution is -2.62. The van der Waals surface area contributed by atoms with Crippen LogP contribution in [-0.2, 0) is 4.79 Å². The highest BCUT2D eigenvalue weighted by Crippen LogP contribution is 2.60. The first kappa shape index (κ1) is 18.2. The van der Waals surface area contributed by atoms with Gasteiger partial charge in [-0.2, -0.15) is 0 Å². The largest absolute Gasteiger partial charge is 0.369 e. The molecule has 0 radical (unpaired) electrons. The molecule has 1 aromatic carbocycles. The van der Waals surface area contributed by atoms with E-state index in [1.54, 1.807) is 0 Å². The Morgan fingerprint density at radius 2 is 1.79 bits per heavy atom. The molecule has 2 amide bonds. The fourth-order valence-electron chi connectivity index (χ4n) is 6.05. The number of carbonyl (C=O) groups excluding carboxylic acids is 2. The minimum Gasteiger partial charge on any atom is -0.369 e. The Hall–Kier alpha value is -1.85. The summed E-state index contributed by atoms with van der Waals surface area (Å²) in [5.74, 6) is 1.16. The van der Waals surface area contributed by atoms with E-state index < -0.39 is 0 Å². The van der Waals surface area contributed by atoms with Crippen LogP contribution >= 0.6 is 22.9 Å². The molecule has 2 unspecified atom stereocenters. The molecule has 146 valence electrons. The predicted molar refractivity (Wildman–Crippen MR) is 111 cm³/mol. The standard InChI is InChI=1S/C22H23ClN2O2S/c23-16-4-2-1-3-15(16)17-5-6-18(28-17)20(26)25-19-13-7-12-8-14(19)11-22(9-12,10-13)21(24)27/h1-6,12-14,19H,7-11H2,(H2,24,27)(H,25,26). The number of nitrogens with one attached hydrogen (secondary N) is 1. The van der Waals surface area contributed by atoms with Crippen LogP contribution in [0, 0.1) is 23.2 Å². The van der Waals surface area contributed by atoms with Crippen LogP contribution in [0.4, 0.5) is 0 Å². The van der Waals surface area contributed by atoms with Crippen molar-refractivity contribution in [2.75, 3.05) is 0 Å². The number of thiophene rings is 1. The quantitative estimate of drug-likeness (QED) is 0.774. The van der Waals surface area contributed by atoms with Gasteiger partial charge in [-0.25, -0.2) is 0 Å². The van der Waals surface area contributed by atoms with Crippen LogP contribution in [0.25, 0.3) is 10.4 Å². The predicted octanol–water partition coefficient (Wildman–Crippen LogP) is 4.48. The summed E-state index contributed by atoms with van der Waals surface area (Å²) >= 11 is 7.76. The Morgan fingerprint density at radius 3 is 2.46 bits per heavy atom.